The van der Waals surface area contributed by atoms with Crippen molar-refractivity contribution in [1.29, 1.82) is 0 Å². The first-order chi connectivity index (χ1) is 17.0. The van der Waals surface area contributed by atoms with Crippen LogP contribution in [0.2, 0.25) is 0 Å². The molecule has 3 N–H and O–H groups in total. The zero-order valence-electron chi connectivity index (χ0n) is 20.8. The lowest BCUT2D eigenvalue weighted by atomic mass is 9.84. The van der Waals surface area contributed by atoms with Gasteiger partial charge in [0.1, 0.15) is 17.7 Å². The van der Waals surface area contributed by atoms with Crippen LogP contribution in [-0.2, 0) is 5.41 Å². The zero-order valence-corrected chi connectivity index (χ0v) is 20.8. The van der Waals surface area contributed by atoms with Gasteiger partial charge in [0.05, 0.1) is 36.0 Å². The minimum Gasteiger partial charge on any atom is -0.493 e. The summed E-state index contributed by atoms with van der Waals surface area (Å²) in [4.78, 5) is 20.6. The van der Waals surface area contributed by atoms with Crippen molar-refractivity contribution in [2.45, 2.75) is 39.2 Å². The van der Waals surface area contributed by atoms with Gasteiger partial charge >= 0.3 is 0 Å². The quantitative estimate of drug-likeness (QED) is 0.343. The molecule has 2 aromatic carbocycles. The summed E-state index contributed by atoms with van der Waals surface area (Å²) in [5.74, 6) is 0.573. The van der Waals surface area contributed by atoms with Crippen molar-refractivity contribution in [3.8, 4) is 28.5 Å². The number of H-pyrrole nitrogens is 1. The summed E-state index contributed by atoms with van der Waals surface area (Å²) in [7, 11) is 1.44. The van der Waals surface area contributed by atoms with Crippen LogP contribution in [-0.4, -0.2) is 33.9 Å². The normalized spacial score (nSPS) is 12.6. The Balaban J connectivity index is 1.96. The van der Waals surface area contributed by atoms with Crippen LogP contribution in [0.5, 0.6) is 17.2 Å². The van der Waals surface area contributed by atoms with Crippen LogP contribution < -0.4 is 14.9 Å². The van der Waals surface area contributed by atoms with Gasteiger partial charge in [0.25, 0.3) is 0 Å². The van der Waals surface area contributed by atoms with E-state index in [4.69, 9.17) is 9.47 Å². The third kappa shape index (κ3) is 4.82. The number of hydrogen-bond donors (Lipinski definition) is 3. The number of pyridine rings is 2. The minimum absolute atomic E-state index is 0.107. The van der Waals surface area contributed by atoms with Crippen molar-refractivity contribution in [2.24, 2.45) is 0 Å². The Morgan fingerprint density at radius 2 is 1.83 bits per heavy atom. The molecular weight excluding hydrogens is 463 g/mol. The van der Waals surface area contributed by atoms with E-state index < -0.39 is 18.5 Å². The number of methoxy groups -OCH3 is 1. The summed E-state index contributed by atoms with van der Waals surface area (Å²) in [6, 6.07) is 11.0. The minimum atomic E-state index is -1.28. The average molecular weight is 493 g/mol. The Morgan fingerprint density at radius 3 is 2.50 bits per heavy atom. The summed E-state index contributed by atoms with van der Waals surface area (Å²) in [5.41, 5.74) is 3.03. The van der Waals surface area contributed by atoms with Crippen molar-refractivity contribution in [2.75, 3.05) is 13.7 Å². The van der Waals surface area contributed by atoms with Crippen LogP contribution in [0.4, 0.5) is 4.39 Å². The van der Waals surface area contributed by atoms with Gasteiger partial charge in [-0.05, 0) is 47.7 Å². The number of aromatic amines is 1. The molecule has 0 radical (unpaired) electrons. The second-order valence-corrected chi connectivity index (χ2v) is 9.68. The maximum atomic E-state index is 13.8. The lowest BCUT2D eigenvalue weighted by Crippen LogP contribution is -2.14. The topological polar surface area (TPSA) is 105 Å². The van der Waals surface area contributed by atoms with Crippen molar-refractivity contribution >= 4 is 10.9 Å². The standard InChI is InChI=1S/C28H29FN2O5/c1-15-10-16(28(2,3)4)11-24(36-22-7-6-17(29)12-23(22)35-5)25(15)19-13-20(33)26-18(31-19)8-9-30-27(26)21(34)14-32/h6-13,21,32,34H,14H2,1-5H3,(H,31,33)/t21-/m1/s1. The van der Waals surface area contributed by atoms with Crippen LogP contribution in [0.15, 0.2) is 53.5 Å². The molecule has 0 aliphatic rings. The van der Waals surface area contributed by atoms with Crippen molar-refractivity contribution in [3.63, 3.8) is 0 Å². The number of nitrogens with one attached hydrogen (secondary N) is 1. The number of hydrogen-bond acceptors (Lipinski definition) is 6. The highest BCUT2D eigenvalue weighted by Gasteiger charge is 2.22. The Kier molecular flexibility index (Phi) is 6.84. The molecule has 0 unspecified atom stereocenters. The van der Waals surface area contributed by atoms with E-state index in [0.717, 1.165) is 11.1 Å². The maximum Gasteiger partial charge on any atom is 0.191 e. The molecule has 0 bridgehead atoms. The zero-order chi connectivity index (χ0) is 26.2. The Bertz CT molecular complexity index is 1490. The average Bonchev–Trinajstić information content (AvgIpc) is 2.83. The van der Waals surface area contributed by atoms with Crippen LogP contribution in [0, 0.1) is 12.7 Å². The molecule has 0 spiro atoms. The SMILES string of the molecule is COc1cc(F)ccc1Oc1cc(C(C)(C)C)cc(C)c1-c1cc(=O)c2c([C@H](O)CO)nccc2[nH]1. The van der Waals surface area contributed by atoms with Gasteiger partial charge < -0.3 is 24.7 Å². The summed E-state index contributed by atoms with van der Waals surface area (Å²) < 4.78 is 25.4. The van der Waals surface area contributed by atoms with Gasteiger partial charge in [-0.15, -0.1) is 0 Å². The van der Waals surface area contributed by atoms with Crippen LogP contribution in [0.1, 0.15) is 43.7 Å². The molecule has 0 aliphatic carbocycles. The molecule has 0 saturated heterocycles. The van der Waals surface area contributed by atoms with E-state index in [1.165, 1.54) is 37.6 Å². The highest BCUT2D eigenvalue weighted by molar-refractivity contribution is 5.85. The molecule has 0 amide bonds. The molecule has 1 atom stereocenters. The number of aliphatic hydroxyl groups is 2. The van der Waals surface area contributed by atoms with Crippen molar-refractivity contribution in [1.82, 2.24) is 9.97 Å². The summed E-state index contributed by atoms with van der Waals surface area (Å²) in [6.45, 7) is 7.63. The fourth-order valence-electron chi connectivity index (χ4n) is 4.16. The summed E-state index contributed by atoms with van der Waals surface area (Å²) >= 11 is 0. The largest absolute Gasteiger partial charge is 0.493 e. The van der Waals surface area contributed by atoms with Gasteiger partial charge in [0.2, 0.25) is 0 Å². The number of rotatable bonds is 6. The lowest BCUT2D eigenvalue weighted by molar-refractivity contribution is 0.0934. The summed E-state index contributed by atoms with van der Waals surface area (Å²) in [5, 5.41) is 19.7. The van der Waals surface area contributed by atoms with Crippen molar-refractivity contribution < 1.29 is 24.1 Å². The number of nitrogens with zero attached hydrogens (tertiary/aromatic N) is 1. The van der Waals surface area contributed by atoms with Gasteiger partial charge in [0, 0.05) is 23.9 Å². The molecule has 36 heavy (non-hydrogen) atoms. The fourth-order valence-corrected chi connectivity index (χ4v) is 4.16. The first kappa shape index (κ1) is 25.3. The monoisotopic (exact) mass is 492 g/mol. The molecule has 0 aliphatic heterocycles. The molecule has 4 rings (SSSR count). The smallest absolute Gasteiger partial charge is 0.191 e. The first-order valence-electron chi connectivity index (χ1n) is 11.5. The molecule has 2 heterocycles. The second-order valence-electron chi connectivity index (χ2n) is 9.68. The van der Waals surface area contributed by atoms with Crippen LogP contribution in [0.25, 0.3) is 22.2 Å². The number of fused-ring (bicyclic) bond motifs is 1. The third-order valence-corrected chi connectivity index (χ3v) is 6.04. The number of halogens is 1. The van der Waals surface area contributed by atoms with Crippen molar-refractivity contribution in [3.05, 3.63) is 81.5 Å². The molecule has 7 nitrogen and oxygen atoms in total. The number of ether oxygens (including phenoxy) is 2. The Hall–Kier alpha value is -3.75. The number of aryl methyl sites for hydroxylation is 1. The van der Waals surface area contributed by atoms with Gasteiger partial charge in [-0.1, -0.05) is 26.8 Å². The fraction of sp³-hybridized carbons (Fsp3) is 0.286. The number of benzene rings is 2. The molecule has 8 heteroatoms. The number of aliphatic hydroxyl groups excluding tert-OH is 2. The van der Waals surface area contributed by atoms with Gasteiger partial charge in [-0.25, -0.2) is 4.39 Å². The van der Waals surface area contributed by atoms with Gasteiger partial charge in [-0.2, -0.15) is 0 Å². The van der Waals surface area contributed by atoms with E-state index in [2.05, 4.69) is 30.7 Å². The lowest BCUT2D eigenvalue weighted by Gasteiger charge is -2.24. The molecule has 0 saturated carbocycles. The predicted octanol–water partition coefficient (Wildman–Crippen LogP) is 5.16. The van der Waals surface area contributed by atoms with E-state index in [-0.39, 0.29) is 27.7 Å². The van der Waals surface area contributed by atoms with E-state index in [1.54, 1.807) is 6.07 Å². The van der Waals surface area contributed by atoms with E-state index in [9.17, 15) is 19.4 Å². The first-order valence-corrected chi connectivity index (χ1v) is 11.5. The van der Waals surface area contributed by atoms with E-state index >= 15 is 0 Å². The predicted molar refractivity (Wildman–Crippen MR) is 136 cm³/mol. The molecule has 4 aromatic rings. The second kappa shape index (κ2) is 9.72. The molecule has 2 aromatic heterocycles. The maximum absolute atomic E-state index is 13.8. The van der Waals surface area contributed by atoms with Crippen LogP contribution >= 0.6 is 0 Å². The number of aromatic nitrogens is 2. The van der Waals surface area contributed by atoms with E-state index in [1.807, 2.05) is 19.1 Å². The highest BCUT2D eigenvalue weighted by atomic mass is 19.1. The van der Waals surface area contributed by atoms with Gasteiger partial charge in [0.15, 0.2) is 16.9 Å². The van der Waals surface area contributed by atoms with Gasteiger partial charge in [-0.3, -0.25) is 9.78 Å². The molecule has 188 valence electrons. The van der Waals surface area contributed by atoms with E-state index in [0.29, 0.717) is 28.3 Å². The Morgan fingerprint density at radius 1 is 1.08 bits per heavy atom. The molecule has 0 fully saturated rings. The summed E-state index contributed by atoms with van der Waals surface area (Å²) in [6.07, 6.45) is 0.186. The molecular formula is C28H29FN2O5. The van der Waals surface area contributed by atoms with Crippen LogP contribution in [0.3, 0.4) is 0 Å². The Labute approximate surface area is 208 Å². The third-order valence-electron chi connectivity index (χ3n) is 6.04. The highest BCUT2D eigenvalue weighted by Crippen LogP contribution is 2.41.